The molecule has 1 saturated heterocycles. The van der Waals surface area contributed by atoms with Crippen molar-refractivity contribution in [1.82, 2.24) is 14.9 Å². The van der Waals surface area contributed by atoms with Gasteiger partial charge in [0.15, 0.2) is 0 Å². The van der Waals surface area contributed by atoms with E-state index in [1.54, 1.807) is 30.6 Å². The lowest BCUT2D eigenvalue weighted by Gasteiger charge is -2.27. The number of nitrogens with one attached hydrogen (secondary N) is 1. The largest absolute Gasteiger partial charge is 0.339 e. The van der Waals surface area contributed by atoms with Gasteiger partial charge in [0.2, 0.25) is 5.91 Å². The molecule has 1 N–H and O–H groups in total. The van der Waals surface area contributed by atoms with E-state index in [2.05, 4.69) is 15.3 Å². The molecule has 3 heterocycles. The average molecular weight is 441 g/mol. The molecular formula is C22H21ClN4O2S. The van der Waals surface area contributed by atoms with Gasteiger partial charge in [-0.15, -0.1) is 11.3 Å². The number of pyridine rings is 1. The standard InChI is InChI=1S/C22H21ClN4O2S/c23-16-6-7-18(22(29)27-9-2-1-3-10-27)19(11-16)26-20(28)12-17-14-30-21(25-17)15-5-4-8-24-13-15/h4-8,11,13-14H,1-3,9-10,12H2,(H,26,28). The lowest BCUT2D eigenvalue weighted by atomic mass is 10.1. The van der Waals surface area contributed by atoms with Crippen molar-refractivity contribution in [3.05, 3.63) is 64.4 Å². The summed E-state index contributed by atoms with van der Waals surface area (Å²) >= 11 is 7.60. The molecule has 0 atom stereocenters. The second-order valence-electron chi connectivity index (χ2n) is 7.15. The predicted molar refractivity (Wildman–Crippen MR) is 119 cm³/mol. The van der Waals surface area contributed by atoms with Gasteiger partial charge in [-0.05, 0) is 49.6 Å². The molecule has 30 heavy (non-hydrogen) atoms. The van der Waals surface area contributed by atoms with Gasteiger partial charge >= 0.3 is 0 Å². The fourth-order valence-electron chi connectivity index (χ4n) is 3.44. The molecule has 2 aromatic heterocycles. The van der Waals surface area contributed by atoms with Gasteiger partial charge in [0, 0.05) is 41.4 Å². The quantitative estimate of drug-likeness (QED) is 0.625. The highest BCUT2D eigenvalue weighted by molar-refractivity contribution is 7.13. The Morgan fingerprint density at radius 3 is 2.77 bits per heavy atom. The smallest absolute Gasteiger partial charge is 0.255 e. The Hall–Kier alpha value is -2.77. The summed E-state index contributed by atoms with van der Waals surface area (Å²) in [5, 5.41) is 5.99. The fraction of sp³-hybridized carbons (Fsp3) is 0.273. The highest BCUT2D eigenvalue weighted by Gasteiger charge is 2.22. The number of thiazole rings is 1. The van der Waals surface area contributed by atoms with Crippen molar-refractivity contribution >= 4 is 40.4 Å². The van der Waals surface area contributed by atoms with Gasteiger partial charge in [0.25, 0.3) is 5.91 Å². The van der Waals surface area contributed by atoms with E-state index in [4.69, 9.17) is 11.6 Å². The highest BCUT2D eigenvalue weighted by atomic mass is 35.5. The van der Waals surface area contributed by atoms with Crippen molar-refractivity contribution in [2.45, 2.75) is 25.7 Å². The number of carbonyl (C=O) groups excluding carboxylic acids is 2. The molecule has 0 bridgehead atoms. The average Bonchev–Trinajstić information content (AvgIpc) is 3.23. The van der Waals surface area contributed by atoms with Crippen LogP contribution in [-0.4, -0.2) is 39.8 Å². The second kappa shape index (κ2) is 9.36. The van der Waals surface area contributed by atoms with E-state index < -0.39 is 0 Å². The van der Waals surface area contributed by atoms with Gasteiger partial charge in [-0.1, -0.05) is 11.6 Å². The Kier molecular flexibility index (Phi) is 6.40. The van der Waals surface area contributed by atoms with Gasteiger partial charge < -0.3 is 10.2 Å². The minimum atomic E-state index is -0.243. The van der Waals surface area contributed by atoms with Gasteiger partial charge in [-0.25, -0.2) is 4.98 Å². The van der Waals surface area contributed by atoms with Crippen LogP contribution < -0.4 is 5.32 Å². The molecule has 2 amide bonds. The van der Waals surface area contributed by atoms with Gasteiger partial charge in [-0.2, -0.15) is 0 Å². The summed E-state index contributed by atoms with van der Waals surface area (Å²) in [7, 11) is 0. The van der Waals surface area contributed by atoms with Gasteiger partial charge in [-0.3, -0.25) is 14.6 Å². The molecule has 154 valence electrons. The Labute approximate surface area is 183 Å². The van der Waals surface area contributed by atoms with E-state index in [0.717, 1.165) is 42.9 Å². The molecule has 0 unspecified atom stereocenters. The van der Waals surface area contributed by atoms with Crippen molar-refractivity contribution < 1.29 is 9.59 Å². The molecule has 1 aromatic carbocycles. The zero-order valence-electron chi connectivity index (χ0n) is 16.3. The van der Waals surface area contributed by atoms with Crippen molar-refractivity contribution in [3.63, 3.8) is 0 Å². The molecule has 3 aromatic rings. The molecule has 1 fully saturated rings. The number of nitrogens with zero attached hydrogens (tertiary/aromatic N) is 3. The maximum Gasteiger partial charge on any atom is 0.255 e. The first-order valence-corrected chi connectivity index (χ1v) is 11.1. The molecule has 4 rings (SSSR count). The predicted octanol–water partition coefficient (Wildman–Crippen LogP) is 4.67. The minimum absolute atomic E-state index is 0.0748. The lowest BCUT2D eigenvalue weighted by molar-refractivity contribution is -0.115. The van der Waals surface area contributed by atoms with Crippen LogP contribution >= 0.6 is 22.9 Å². The van der Waals surface area contributed by atoms with Crippen LogP contribution in [0.25, 0.3) is 10.6 Å². The third kappa shape index (κ3) is 4.86. The summed E-state index contributed by atoms with van der Waals surface area (Å²) in [4.78, 5) is 36.1. The molecular weight excluding hydrogens is 420 g/mol. The maximum atomic E-state index is 12.9. The number of amides is 2. The van der Waals surface area contributed by atoms with E-state index >= 15 is 0 Å². The zero-order valence-corrected chi connectivity index (χ0v) is 17.9. The summed E-state index contributed by atoms with van der Waals surface area (Å²) in [5.41, 5.74) is 2.48. The highest BCUT2D eigenvalue weighted by Crippen LogP contribution is 2.26. The topological polar surface area (TPSA) is 75.2 Å². The van der Waals surface area contributed by atoms with Crippen molar-refractivity contribution in [2.75, 3.05) is 18.4 Å². The lowest BCUT2D eigenvalue weighted by Crippen LogP contribution is -2.36. The van der Waals surface area contributed by atoms with Crippen LogP contribution in [0, 0.1) is 0 Å². The Bertz CT molecular complexity index is 1050. The Balaban J connectivity index is 1.47. The van der Waals surface area contributed by atoms with E-state index in [1.807, 2.05) is 22.4 Å². The third-order valence-corrected chi connectivity index (χ3v) is 6.11. The first-order chi connectivity index (χ1) is 14.6. The van der Waals surface area contributed by atoms with Crippen LogP contribution in [0.5, 0.6) is 0 Å². The number of likely N-dealkylation sites (tertiary alicyclic amines) is 1. The normalized spacial score (nSPS) is 13.8. The molecule has 8 heteroatoms. The monoisotopic (exact) mass is 440 g/mol. The van der Waals surface area contributed by atoms with Crippen LogP contribution in [0.2, 0.25) is 5.02 Å². The molecule has 1 aliphatic rings. The van der Waals surface area contributed by atoms with E-state index in [9.17, 15) is 9.59 Å². The van der Waals surface area contributed by atoms with E-state index in [0.29, 0.717) is 22.0 Å². The first kappa shape index (κ1) is 20.5. The van der Waals surface area contributed by atoms with Gasteiger partial charge in [0.1, 0.15) is 5.01 Å². The maximum absolute atomic E-state index is 12.9. The minimum Gasteiger partial charge on any atom is -0.339 e. The van der Waals surface area contributed by atoms with Crippen molar-refractivity contribution in [1.29, 1.82) is 0 Å². The van der Waals surface area contributed by atoms with Crippen molar-refractivity contribution in [2.24, 2.45) is 0 Å². The molecule has 0 spiro atoms. The molecule has 6 nitrogen and oxygen atoms in total. The number of anilines is 1. The fourth-order valence-corrected chi connectivity index (χ4v) is 4.43. The Morgan fingerprint density at radius 1 is 1.17 bits per heavy atom. The van der Waals surface area contributed by atoms with Crippen LogP contribution in [0.15, 0.2) is 48.1 Å². The van der Waals surface area contributed by atoms with Crippen LogP contribution in [0.4, 0.5) is 5.69 Å². The van der Waals surface area contributed by atoms with E-state index in [1.165, 1.54) is 11.3 Å². The van der Waals surface area contributed by atoms with Gasteiger partial charge in [0.05, 0.1) is 23.4 Å². The second-order valence-corrected chi connectivity index (χ2v) is 8.45. The zero-order chi connectivity index (χ0) is 20.9. The van der Waals surface area contributed by atoms with Crippen molar-refractivity contribution in [3.8, 4) is 10.6 Å². The van der Waals surface area contributed by atoms with Crippen LogP contribution in [-0.2, 0) is 11.2 Å². The molecule has 1 aliphatic heterocycles. The summed E-state index contributed by atoms with van der Waals surface area (Å²) in [5.74, 6) is -0.317. The molecule has 0 radical (unpaired) electrons. The van der Waals surface area contributed by atoms with Crippen LogP contribution in [0.1, 0.15) is 35.3 Å². The number of piperidine rings is 1. The first-order valence-electron chi connectivity index (χ1n) is 9.83. The molecule has 0 aliphatic carbocycles. The Morgan fingerprint density at radius 2 is 2.00 bits per heavy atom. The molecule has 0 saturated carbocycles. The summed E-state index contributed by atoms with van der Waals surface area (Å²) < 4.78 is 0. The van der Waals surface area contributed by atoms with Crippen LogP contribution in [0.3, 0.4) is 0 Å². The summed E-state index contributed by atoms with van der Waals surface area (Å²) in [6, 6.07) is 8.76. The number of halogens is 1. The number of hydrogen-bond donors (Lipinski definition) is 1. The number of benzene rings is 1. The number of rotatable bonds is 5. The SMILES string of the molecule is O=C(Cc1csc(-c2cccnc2)n1)Nc1cc(Cl)ccc1C(=O)N1CCCCC1. The summed E-state index contributed by atoms with van der Waals surface area (Å²) in [6.45, 7) is 1.48. The number of hydrogen-bond acceptors (Lipinski definition) is 5. The number of aromatic nitrogens is 2. The van der Waals surface area contributed by atoms with E-state index in [-0.39, 0.29) is 18.2 Å². The summed E-state index contributed by atoms with van der Waals surface area (Å²) in [6.07, 6.45) is 6.71. The third-order valence-electron chi connectivity index (χ3n) is 4.93. The number of carbonyl (C=O) groups is 2.